The SMILES string of the molecule is O=S(=O)(Nc1ccc2nc(C3CCCC3)[nH]c2c1)c1ccc(O)cc1. The van der Waals surface area contributed by atoms with Crippen LogP contribution in [0, 0.1) is 0 Å². The Bertz CT molecular complexity index is 1000. The summed E-state index contributed by atoms with van der Waals surface area (Å²) in [5.41, 5.74) is 2.14. The number of phenolic OH excluding ortho intramolecular Hbond substituents is 1. The number of sulfonamides is 1. The minimum Gasteiger partial charge on any atom is -0.508 e. The van der Waals surface area contributed by atoms with Gasteiger partial charge in [-0.1, -0.05) is 12.8 Å². The second kappa shape index (κ2) is 6.07. The van der Waals surface area contributed by atoms with E-state index in [1.807, 2.05) is 6.07 Å². The van der Waals surface area contributed by atoms with E-state index < -0.39 is 10.0 Å². The minimum atomic E-state index is -3.70. The first-order chi connectivity index (χ1) is 12.0. The predicted molar refractivity (Wildman–Crippen MR) is 96.2 cm³/mol. The maximum atomic E-state index is 12.4. The van der Waals surface area contributed by atoms with Crippen molar-refractivity contribution in [3.05, 3.63) is 48.3 Å². The molecule has 4 rings (SSSR count). The Morgan fingerprint density at radius 2 is 1.80 bits per heavy atom. The zero-order chi connectivity index (χ0) is 17.4. The molecular weight excluding hydrogens is 338 g/mol. The summed E-state index contributed by atoms with van der Waals surface area (Å²) in [6.07, 6.45) is 4.78. The Labute approximate surface area is 146 Å². The lowest BCUT2D eigenvalue weighted by molar-refractivity contribution is 0.475. The van der Waals surface area contributed by atoms with Crippen LogP contribution in [0.5, 0.6) is 5.75 Å². The molecule has 0 unspecified atom stereocenters. The Morgan fingerprint density at radius 1 is 1.08 bits per heavy atom. The summed E-state index contributed by atoms with van der Waals surface area (Å²) in [6, 6.07) is 10.7. The molecule has 0 bridgehead atoms. The molecule has 1 saturated carbocycles. The van der Waals surface area contributed by atoms with Crippen LogP contribution in [0.15, 0.2) is 47.4 Å². The molecule has 1 aliphatic rings. The largest absolute Gasteiger partial charge is 0.508 e. The van der Waals surface area contributed by atoms with Gasteiger partial charge in [-0.05, 0) is 55.3 Å². The number of fused-ring (bicyclic) bond motifs is 1. The molecule has 7 heteroatoms. The van der Waals surface area contributed by atoms with Gasteiger partial charge in [0.25, 0.3) is 10.0 Å². The number of rotatable bonds is 4. The zero-order valence-corrected chi connectivity index (χ0v) is 14.4. The van der Waals surface area contributed by atoms with Gasteiger partial charge in [-0.15, -0.1) is 0 Å². The highest BCUT2D eigenvalue weighted by atomic mass is 32.2. The number of nitrogens with one attached hydrogen (secondary N) is 2. The van der Waals surface area contributed by atoms with E-state index in [1.54, 1.807) is 12.1 Å². The zero-order valence-electron chi connectivity index (χ0n) is 13.6. The topological polar surface area (TPSA) is 95.1 Å². The third-order valence-electron chi connectivity index (χ3n) is 4.64. The molecule has 1 fully saturated rings. The highest BCUT2D eigenvalue weighted by Crippen LogP contribution is 2.33. The highest BCUT2D eigenvalue weighted by molar-refractivity contribution is 7.92. The van der Waals surface area contributed by atoms with Crippen molar-refractivity contribution in [1.82, 2.24) is 9.97 Å². The maximum absolute atomic E-state index is 12.4. The summed E-state index contributed by atoms with van der Waals surface area (Å²) < 4.78 is 27.5. The number of hydrogen-bond donors (Lipinski definition) is 3. The van der Waals surface area contributed by atoms with Crippen molar-refractivity contribution in [1.29, 1.82) is 0 Å². The van der Waals surface area contributed by atoms with Crippen molar-refractivity contribution in [3.8, 4) is 5.75 Å². The summed E-state index contributed by atoms with van der Waals surface area (Å²) >= 11 is 0. The molecule has 3 N–H and O–H groups in total. The van der Waals surface area contributed by atoms with Crippen LogP contribution in [-0.2, 0) is 10.0 Å². The second-order valence-corrected chi connectivity index (χ2v) is 8.12. The van der Waals surface area contributed by atoms with Crippen LogP contribution < -0.4 is 4.72 Å². The quantitative estimate of drug-likeness (QED) is 0.663. The van der Waals surface area contributed by atoms with Crippen molar-refractivity contribution in [3.63, 3.8) is 0 Å². The van der Waals surface area contributed by atoms with Crippen molar-refractivity contribution in [2.24, 2.45) is 0 Å². The smallest absolute Gasteiger partial charge is 0.261 e. The second-order valence-electron chi connectivity index (χ2n) is 6.43. The predicted octanol–water partition coefficient (Wildman–Crippen LogP) is 3.73. The van der Waals surface area contributed by atoms with E-state index in [0.29, 0.717) is 11.6 Å². The first-order valence-corrected chi connectivity index (χ1v) is 9.81. The lowest BCUT2D eigenvalue weighted by Crippen LogP contribution is -2.12. The van der Waals surface area contributed by atoms with E-state index in [4.69, 9.17) is 0 Å². The summed E-state index contributed by atoms with van der Waals surface area (Å²) in [6.45, 7) is 0. The average Bonchev–Trinajstić information content (AvgIpc) is 3.23. The molecular formula is C18H19N3O3S. The molecule has 0 amide bonds. The first-order valence-electron chi connectivity index (χ1n) is 8.33. The van der Waals surface area contributed by atoms with Crippen molar-refractivity contribution in [2.75, 3.05) is 4.72 Å². The van der Waals surface area contributed by atoms with Gasteiger partial charge in [-0.25, -0.2) is 13.4 Å². The third kappa shape index (κ3) is 3.19. The monoisotopic (exact) mass is 357 g/mol. The number of benzene rings is 2. The fraction of sp³-hybridized carbons (Fsp3) is 0.278. The summed E-state index contributed by atoms with van der Waals surface area (Å²) in [4.78, 5) is 8.07. The van der Waals surface area contributed by atoms with E-state index in [2.05, 4.69) is 14.7 Å². The van der Waals surface area contributed by atoms with Gasteiger partial charge in [-0.3, -0.25) is 4.72 Å². The number of hydrogen-bond acceptors (Lipinski definition) is 4. The van der Waals surface area contributed by atoms with Crippen molar-refractivity contribution >= 4 is 26.7 Å². The van der Waals surface area contributed by atoms with Crippen LogP contribution in [0.1, 0.15) is 37.4 Å². The Kier molecular flexibility index (Phi) is 3.88. The van der Waals surface area contributed by atoms with Gasteiger partial charge < -0.3 is 10.1 Å². The summed E-state index contributed by atoms with van der Waals surface area (Å²) in [7, 11) is -3.70. The Hall–Kier alpha value is -2.54. The molecule has 0 spiro atoms. The Morgan fingerprint density at radius 3 is 2.52 bits per heavy atom. The van der Waals surface area contributed by atoms with Gasteiger partial charge >= 0.3 is 0 Å². The molecule has 1 heterocycles. The Balaban J connectivity index is 1.61. The normalized spacial score (nSPS) is 15.7. The molecule has 1 aliphatic carbocycles. The van der Waals surface area contributed by atoms with E-state index in [-0.39, 0.29) is 10.6 Å². The van der Waals surface area contributed by atoms with Crippen molar-refractivity contribution < 1.29 is 13.5 Å². The van der Waals surface area contributed by atoms with Crippen molar-refractivity contribution in [2.45, 2.75) is 36.5 Å². The highest BCUT2D eigenvalue weighted by Gasteiger charge is 2.20. The number of H-pyrrole nitrogens is 1. The molecule has 130 valence electrons. The number of aromatic hydroxyl groups is 1. The first kappa shape index (κ1) is 16.0. The fourth-order valence-electron chi connectivity index (χ4n) is 3.32. The standard InChI is InChI=1S/C18H19N3O3S/c22-14-6-8-15(9-7-14)25(23,24)21-13-5-10-16-17(11-13)20-18(19-16)12-3-1-2-4-12/h5-12,21-22H,1-4H2,(H,19,20). The van der Waals surface area contributed by atoms with E-state index in [1.165, 1.54) is 37.1 Å². The number of anilines is 1. The maximum Gasteiger partial charge on any atom is 0.261 e. The van der Waals surface area contributed by atoms with E-state index in [0.717, 1.165) is 29.7 Å². The molecule has 1 aromatic heterocycles. The molecule has 0 aliphatic heterocycles. The molecule has 25 heavy (non-hydrogen) atoms. The van der Waals surface area contributed by atoms with Gasteiger partial charge in [0.05, 0.1) is 21.6 Å². The summed E-state index contributed by atoms with van der Waals surface area (Å²) in [5, 5.41) is 9.30. The number of imidazole rings is 1. The van der Waals surface area contributed by atoms with E-state index >= 15 is 0 Å². The van der Waals surface area contributed by atoms with Gasteiger partial charge in [-0.2, -0.15) is 0 Å². The number of phenols is 1. The molecule has 2 aromatic carbocycles. The molecule has 0 saturated heterocycles. The molecule has 0 radical (unpaired) electrons. The van der Waals surface area contributed by atoms with Gasteiger partial charge in [0, 0.05) is 5.92 Å². The molecule has 0 atom stereocenters. The lowest BCUT2D eigenvalue weighted by Gasteiger charge is -2.08. The summed E-state index contributed by atoms with van der Waals surface area (Å²) in [5.74, 6) is 1.49. The third-order valence-corrected chi connectivity index (χ3v) is 6.04. The molecule has 6 nitrogen and oxygen atoms in total. The molecule has 3 aromatic rings. The van der Waals surface area contributed by atoms with Gasteiger partial charge in [0.2, 0.25) is 0 Å². The van der Waals surface area contributed by atoms with Crippen LogP contribution >= 0.6 is 0 Å². The van der Waals surface area contributed by atoms with Gasteiger partial charge in [0.1, 0.15) is 11.6 Å². The van der Waals surface area contributed by atoms with Crippen LogP contribution in [0.3, 0.4) is 0 Å². The van der Waals surface area contributed by atoms with Gasteiger partial charge in [0.15, 0.2) is 0 Å². The minimum absolute atomic E-state index is 0.0253. The number of aromatic amines is 1. The van der Waals surface area contributed by atoms with E-state index in [9.17, 15) is 13.5 Å². The number of aromatic nitrogens is 2. The fourth-order valence-corrected chi connectivity index (χ4v) is 4.37. The van der Waals surface area contributed by atoms with Crippen LogP contribution in [0.4, 0.5) is 5.69 Å². The number of nitrogens with zero attached hydrogens (tertiary/aromatic N) is 1. The lowest BCUT2D eigenvalue weighted by atomic mass is 10.1. The van der Waals surface area contributed by atoms with Crippen LogP contribution in [0.25, 0.3) is 11.0 Å². The average molecular weight is 357 g/mol. The van der Waals surface area contributed by atoms with Crippen LogP contribution in [-0.4, -0.2) is 23.5 Å². The van der Waals surface area contributed by atoms with Crippen LogP contribution in [0.2, 0.25) is 0 Å².